The van der Waals surface area contributed by atoms with Gasteiger partial charge < -0.3 is 0 Å². The number of fused-ring (bicyclic) bond motifs is 1. The Morgan fingerprint density at radius 1 is 1.12 bits per heavy atom. The topological polar surface area (TPSA) is 0 Å². The van der Waals surface area contributed by atoms with Gasteiger partial charge in [0.1, 0.15) is 0 Å². The molecule has 0 aromatic heterocycles. The van der Waals surface area contributed by atoms with E-state index in [1.165, 1.54) is 35.1 Å². The maximum Gasteiger partial charge on any atom is -0.00973 e. The summed E-state index contributed by atoms with van der Waals surface area (Å²) in [6.07, 6.45) is 11.2. The Hall–Kier alpha value is -1.56. The molecule has 0 unspecified atom stereocenters. The van der Waals surface area contributed by atoms with E-state index in [9.17, 15) is 0 Å². The molecule has 0 amide bonds. The first-order valence-corrected chi connectivity index (χ1v) is 9.22. The van der Waals surface area contributed by atoms with E-state index in [1.54, 1.807) is 11.1 Å². The molecule has 1 aromatic rings. The summed E-state index contributed by atoms with van der Waals surface area (Å²) in [6, 6.07) is 4.90. The quantitative estimate of drug-likeness (QED) is 0.519. The zero-order chi connectivity index (χ0) is 18.1. The summed E-state index contributed by atoms with van der Waals surface area (Å²) in [5.41, 5.74) is 9.18. The first-order valence-electron chi connectivity index (χ1n) is 9.22. The number of hydrogen-bond donors (Lipinski definition) is 0. The third-order valence-electron chi connectivity index (χ3n) is 5.43. The molecule has 0 bridgehead atoms. The molecule has 0 fully saturated rings. The van der Waals surface area contributed by atoms with Gasteiger partial charge in [0.25, 0.3) is 0 Å². The Morgan fingerprint density at radius 3 is 2.38 bits per heavy atom. The molecule has 0 atom stereocenters. The standard InChI is InChI=1S/C24H34/c1-9-17(2)11-10-12-18(3)21-15-19(23(4,5)6)16-22-20(21)13-14-24(22,7)8/h9-12,15-16H,13-14H2,1-8H3/b11-10+,17-9+,18-12+. The van der Waals surface area contributed by atoms with Crippen LogP contribution < -0.4 is 0 Å². The second-order valence-electron chi connectivity index (χ2n) is 8.93. The fourth-order valence-corrected chi connectivity index (χ4v) is 3.43. The Balaban J connectivity index is 2.56. The Morgan fingerprint density at radius 2 is 1.79 bits per heavy atom. The maximum atomic E-state index is 2.47. The van der Waals surface area contributed by atoms with Crippen molar-refractivity contribution in [3.05, 3.63) is 64.3 Å². The van der Waals surface area contributed by atoms with E-state index >= 15 is 0 Å². The monoisotopic (exact) mass is 322 g/mol. The van der Waals surface area contributed by atoms with Gasteiger partial charge in [0.2, 0.25) is 0 Å². The first kappa shape index (κ1) is 18.8. The number of hydrogen-bond acceptors (Lipinski definition) is 0. The van der Waals surface area contributed by atoms with Gasteiger partial charge in [0, 0.05) is 0 Å². The van der Waals surface area contributed by atoms with Gasteiger partial charge in [-0.15, -0.1) is 0 Å². The van der Waals surface area contributed by atoms with Crippen molar-refractivity contribution in [2.24, 2.45) is 0 Å². The lowest BCUT2D eigenvalue weighted by atomic mass is 9.79. The molecule has 0 heterocycles. The van der Waals surface area contributed by atoms with Crippen LogP contribution in [-0.4, -0.2) is 0 Å². The minimum atomic E-state index is 0.181. The van der Waals surface area contributed by atoms with E-state index in [0.29, 0.717) is 5.41 Å². The second kappa shape index (κ2) is 6.75. The molecule has 1 aromatic carbocycles. The van der Waals surface area contributed by atoms with Gasteiger partial charge in [-0.05, 0) is 72.3 Å². The van der Waals surface area contributed by atoms with Crippen molar-refractivity contribution in [1.29, 1.82) is 0 Å². The average molecular weight is 323 g/mol. The summed E-state index contributed by atoms with van der Waals surface area (Å²) in [5, 5.41) is 0. The minimum absolute atomic E-state index is 0.181. The molecule has 0 aliphatic heterocycles. The summed E-state index contributed by atoms with van der Waals surface area (Å²) < 4.78 is 0. The minimum Gasteiger partial charge on any atom is -0.0847 e. The Labute approximate surface area is 149 Å². The van der Waals surface area contributed by atoms with E-state index in [-0.39, 0.29) is 5.41 Å². The average Bonchev–Trinajstić information content (AvgIpc) is 2.80. The molecule has 130 valence electrons. The van der Waals surface area contributed by atoms with E-state index in [0.717, 1.165) is 0 Å². The highest BCUT2D eigenvalue weighted by atomic mass is 14.4. The number of benzene rings is 1. The normalized spacial score (nSPS) is 18.3. The molecule has 0 nitrogen and oxygen atoms in total. The smallest absolute Gasteiger partial charge is 0.00973 e. The van der Waals surface area contributed by atoms with Gasteiger partial charge in [-0.3, -0.25) is 0 Å². The van der Waals surface area contributed by atoms with E-state index in [1.807, 2.05) is 0 Å². The summed E-state index contributed by atoms with van der Waals surface area (Å²) in [4.78, 5) is 0. The van der Waals surface area contributed by atoms with Gasteiger partial charge in [-0.1, -0.05) is 76.6 Å². The lowest BCUT2D eigenvalue weighted by Gasteiger charge is -2.26. The second-order valence-corrected chi connectivity index (χ2v) is 8.93. The van der Waals surface area contributed by atoms with Gasteiger partial charge >= 0.3 is 0 Å². The molecule has 0 radical (unpaired) electrons. The summed E-state index contributed by atoms with van der Waals surface area (Å²) in [5.74, 6) is 0. The number of rotatable bonds is 3. The lowest BCUT2D eigenvalue weighted by Crippen LogP contribution is -2.17. The Bertz CT molecular complexity index is 700. The van der Waals surface area contributed by atoms with E-state index in [4.69, 9.17) is 0 Å². The molecule has 0 spiro atoms. The van der Waals surface area contributed by atoms with Crippen molar-refractivity contribution < 1.29 is 0 Å². The highest BCUT2D eigenvalue weighted by Gasteiger charge is 2.33. The largest absolute Gasteiger partial charge is 0.0847 e. The van der Waals surface area contributed by atoms with Crippen LogP contribution in [0.3, 0.4) is 0 Å². The summed E-state index contributed by atoms with van der Waals surface area (Å²) in [7, 11) is 0. The molecule has 0 saturated carbocycles. The highest BCUT2D eigenvalue weighted by molar-refractivity contribution is 5.71. The van der Waals surface area contributed by atoms with Crippen molar-refractivity contribution in [1.82, 2.24) is 0 Å². The van der Waals surface area contributed by atoms with Crippen LogP contribution in [0.15, 0.2) is 42.0 Å². The molecule has 0 heteroatoms. The van der Waals surface area contributed by atoms with Crippen LogP contribution in [0.1, 0.15) is 84.1 Å². The SMILES string of the molecule is C/C=C(C)/C=C/C=C(\C)c1cc(C(C)(C)C)cc2c1CCC2(C)C. The van der Waals surface area contributed by atoms with Crippen LogP contribution in [0.2, 0.25) is 0 Å². The van der Waals surface area contributed by atoms with E-state index < -0.39 is 0 Å². The fraction of sp³-hybridized carbons (Fsp3) is 0.500. The maximum absolute atomic E-state index is 2.47. The van der Waals surface area contributed by atoms with Crippen LogP contribution in [0.4, 0.5) is 0 Å². The first-order chi connectivity index (χ1) is 11.1. The summed E-state index contributed by atoms with van der Waals surface area (Å²) in [6.45, 7) is 18.2. The van der Waals surface area contributed by atoms with Crippen LogP contribution in [0, 0.1) is 0 Å². The van der Waals surface area contributed by atoms with Gasteiger partial charge in [0.15, 0.2) is 0 Å². The molecule has 24 heavy (non-hydrogen) atoms. The third kappa shape index (κ3) is 3.91. The van der Waals surface area contributed by atoms with Crippen LogP contribution in [0.25, 0.3) is 5.57 Å². The van der Waals surface area contributed by atoms with Crippen molar-refractivity contribution in [2.75, 3.05) is 0 Å². The van der Waals surface area contributed by atoms with Crippen LogP contribution >= 0.6 is 0 Å². The molecular formula is C24H34. The molecular weight excluding hydrogens is 288 g/mol. The predicted molar refractivity (Wildman–Crippen MR) is 109 cm³/mol. The summed E-state index contributed by atoms with van der Waals surface area (Å²) >= 11 is 0. The molecule has 2 rings (SSSR count). The van der Waals surface area contributed by atoms with Crippen molar-refractivity contribution in [3.63, 3.8) is 0 Å². The highest BCUT2D eigenvalue weighted by Crippen LogP contribution is 2.43. The van der Waals surface area contributed by atoms with Crippen molar-refractivity contribution in [2.45, 2.75) is 79.1 Å². The third-order valence-corrected chi connectivity index (χ3v) is 5.43. The van der Waals surface area contributed by atoms with Gasteiger partial charge in [0.05, 0.1) is 0 Å². The predicted octanol–water partition coefficient (Wildman–Crippen LogP) is 7.13. The van der Waals surface area contributed by atoms with E-state index in [2.05, 4.69) is 91.8 Å². The lowest BCUT2D eigenvalue weighted by molar-refractivity contribution is 0.519. The zero-order valence-electron chi connectivity index (χ0n) is 16.9. The zero-order valence-corrected chi connectivity index (χ0v) is 16.9. The molecule has 1 aliphatic carbocycles. The van der Waals surface area contributed by atoms with Crippen molar-refractivity contribution in [3.8, 4) is 0 Å². The Kier molecular flexibility index (Phi) is 5.28. The molecule has 0 saturated heterocycles. The van der Waals surface area contributed by atoms with Crippen molar-refractivity contribution >= 4 is 5.57 Å². The van der Waals surface area contributed by atoms with Crippen LogP contribution in [0.5, 0.6) is 0 Å². The molecule has 0 N–H and O–H groups in total. The fourth-order valence-electron chi connectivity index (χ4n) is 3.43. The number of allylic oxidation sites excluding steroid dienone is 6. The van der Waals surface area contributed by atoms with Gasteiger partial charge in [-0.2, -0.15) is 0 Å². The van der Waals surface area contributed by atoms with Crippen LogP contribution in [-0.2, 0) is 17.3 Å². The van der Waals surface area contributed by atoms with Gasteiger partial charge in [-0.25, -0.2) is 0 Å². The molecule has 1 aliphatic rings.